The Morgan fingerprint density at radius 2 is 1.62 bits per heavy atom. The van der Waals surface area contributed by atoms with Gasteiger partial charge in [0.1, 0.15) is 11.8 Å². The lowest BCUT2D eigenvalue weighted by Gasteiger charge is -2.42. The van der Waals surface area contributed by atoms with Crippen molar-refractivity contribution in [3.8, 4) is 12.1 Å². The first-order chi connectivity index (χ1) is 7.43. The van der Waals surface area contributed by atoms with E-state index >= 15 is 0 Å². The number of carbonyl (C=O) groups excluding carboxylic acids is 2. The maximum Gasteiger partial charge on any atom is 0.246 e. The fourth-order valence-electron chi connectivity index (χ4n) is 2.04. The summed E-state index contributed by atoms with van der Waals surface area (Å²) in [6, 6.07) is 3.83. The van der Waals surface area contributed by atoms with Gasteiger partial charge in [0.2, 0.25) is 11.8 Å². The van der Waals surface area contributed by atoms with E-state index in [0.717, 1.165) is 4.90 Å². The van der Waals surface area contributed by atoms with Crippen molar-refractivity contribution in [2.75, 3.05) is 7.05 Å². The summed E-state index contributed by atoms with van der Waals surface area (Å²) < 4.78 is 0. The largest absolute Gasteiger partial charge is 0.283 e. The van der Waals surface area contributed by atoms with Gasteiger partial charge < -0.3 is 0 Å². The fraction of sp³-hybridized carbons (Fsp3) is 0.636. The van der Waals surface area contributed by atoms with Crippen molar-refractivity contribution in [2.45, 2.75) is 20.3 Å². The Morgan fingerprint density at radius 1 is 1.25 bits per heavy atom. The van der Waals surface area contributed by atoms with E-state index in [4.69, 9.17) is 10.5 Å². The van der Waals surface area contributed by atoms with Crippen LogP contribution in [-0.4, -0.2) is 23.8 Å². The van der Waals surface area contributed by atoms with Crippen LogP contribution >= 0.6 is 0 Å². The Balaban J connectivity index is 3.33. The van der Waals surface area contributed by atoms with Crippen molar-refractivity contribution in [3.05, 3.63) is 0 Å². The second-order valence-electron chi connectivity index (χ2n) is 4.22. The van der Waals surface area contributed by atoms with E-state index in [9.17, 15) is 9.59 Å². The molecule has 5 nitrogen and oxygen atoms in total. The highest BCUT2D eigenvalue weighted by molar-refractivity contribution is 6.02. The molecular weight excluding hydrogens is 206 g/mol. The number of rotatable bonds is 1. The van der Waals surface area contributed by atoms with Gasteiger partial charge in [-0.15, -0.1) is 0 Å². The van der Waals surface area contributed by atoms with Gasteiger partial charge in [0.25, 0.3) is 0 Å². The lowest BCUT2D eigenvalue weighted by atomic mass is 9.64. The predicted octanol–water partition coefficient (Wildman–Crippen LogP) is 0.681. The number of hydrogen-bond donors (Lipinski definition) is 0. The van der Waals surface area contributed by atoms with Crippen LogP contribution < -0.4 is 0 Å². The highest BCUT2D eigenvalue weighted by Crippen LogP contribution is 2.43. The Bertz CT molecular complexity index is 382. The smallest absolute Gasteiger partial charge is 0.246 e. The zero-order valence-electron chi connectivity index (χ0n) is 9.52. The average Bonchev–Trinajstić information content (AvgIpc) is 2.27. The number of imide groups is 1. The first-order valence-electron chi connectivity index (χ1n) is 5.04. The van der Waals surface area contributed by atoms with Crippen LogP contribution in [0.3, 0.4) is 0 Å². The average molecular weight is 219 g/mol. The van der Waals surface area contributed by atoms with Crippen LogP contribution in [0.15, 0.2) is 0 Å². The van der Waals surface area contributed by atoms with Crippen molar-refractivity contribution in [1.29, 1.82) is 10.5 Å². The summed E-state index contributed by atoms with van der Waals surface area (Å²) >= 11 is 0. The Morgan fingerprint density at radius 3 is 1.88 bits per heavy atom. The number of hydrogen-bond acceptors (Lipinski definition) is 4. The molecule has 84 valence electrons. The van der Waals surface area contributed by atoms with Gasteiger partial charge in [0.05, 0.1) is 12.1 Å². The fourth-order valence-corrected chi connectivity index (χ4v) is 2.04. The zero-order chi connectivity index (χ0) is 12.5. The first-order valence-corrected chi connectivity index (χ1v) is 5.04. The highest BCUT2D eigenvalue weighted by Gasteiger charge is 2.54. The molecule has 2 unspecified atom stereocenters. The van der Waals surface area contributed by atoms with E-state index in [0.29, 0.717) is 6.42 Å². The molecule has 0 aromatic carbocycles. The van der Waals surface area contributed by atoms with Gasteiger partial charge in [-0.2, -0.15) is 10.5 Å². The molecule has 0 bridgehead atoms. The number of nitriles is 2. The molecule has 1 rings (SSSR count). The molecule has 1 saturated heterocycles. The minimum absolute atomic E-state index is 0.439. The molecule has 2 atom stereocenters. The van der Waals surface area contributed by atoms with Crippen molar-refractivity contribution >= 4 is 11.8 Å². The summed E-state index contributed by atoms with van der Waals surface area (Å²) in [6.45, 7) is 3.43. The van der Waals surface area contributed by atoms with Gasteiger partial charge in [-0.05, 0) is 6.42 Å². The number of carbonyl (C=O) groups is 2. The van der Waals surface area contributed by atoms with Crippen molar-refractivity contribution in [3.63, 3.8) is 0 Å². The Hall–Kier alpha value is -1.88. The van der Waals surface area contributed by atoms with Crippen molar-refractivity contribution in [2.24, 2.45) is 17.3 Å². The summed E-state index contributed by atoms with van der Waals surface area (Å²) in [6.07, 6.45) is 0.439. The molecule has 1 heterocycles. The number of amides is 2. The summed E-state index contributed by atoms with van der Waals surface area (Å²) in [4.78, 5) is 24.4. The van der Waals surface area contributed by atoms with E-state index in [1.165, 1.54) is 7.05 Å². The van der Waals surface area contributed by atoms with Crippen LogP contribution in [0.25, 0.3) is 0 Å². The van der Waals surface area contributed by atoms with E-state index in [1.807, 2.05) is 12.1 Å². The molecule has 16 heavy (non-hydrogen) atoms. The Kier molecular flexibility index (Phi) is 3.00. The van der Waals surface area contributed by atoms with Crippen LogP contribution in [-0.2, 0) is 9.59 Å². The third kappa shape index (κ3) is 1.37. The topological polar surface area (TPSA) is 85.0 Å². The molecule has 0 saturated carbocycles. The summed E-state index contributed by atoms with van der Waals surface area (Å²) in [5.41, 5.74) is -0.885. The van der Waals surface area contributed by atoms with Gasteiger partial charge in [0, 0.05) is 12.5 Å². The molecule has 1 fully saturated rings. The quantitative estimate of drug-likeness (QED) is 0.607. The van der Waals surface area contributed by atoms with Gasteiger partial charge in [-0.3, -0.25) is 14.5 Å². The molecule has 0 aromatic heterocycles. The second-order valence-corrected chi connectivity index (χ2v) is 4.22. The zero-order valence-corrected chi connectivity index (χ0v) is 9.52. The first kappa shape index (κ1) is 12.2. The number of piperidine rings is 1. The maximum absolute atomic E-state index is 11.8. The van der Waals surface area contributed by atoms with Crippen molar-refractivity contribution in [1.82, 2.24) is 4.90 Å². The highest BCUT2D eigenvalue weighted by atomic mass is 16.2. The van der Waals surface area contributed by atoms with Crippen LogP contribution in [0, 0.1) is 39.9 Å². The van der Waals surface area contributed by atoms with E-state index in [2.05, 4.69) is 0 Å². The Labute approximate surface area is 94.3 Å². The van der Waals surface area contributed by atoms with Gasteiger partial charge in [0.15, 0.2) is 0 Å². The molecule has 0 aliphatic carbocycles. The molecular formula is C11H13N3O2. The standard InChI is InChI=1S/C11H13N3O2/c1-4-11(2)7(5-12)9(15)14(3)10(16)8(11)6-13/h7-8H,4H2,1-3H3. The van der Waals surface area contributed by atoms with Gasteiger partial charge in [-0.25, -0.2) is 0 Å². The summed E-state index contributed by atoms with van der Waals surface area (Å²) in [7, 11) is 1.31. The van der Waals surface area contributed by atoms with Gasteiger partial charge in [-0.1, -0.05) is 13.8 Å². The number of likely N-dealkylation sites (tertiary alicyclic amines) is 1. The number of nitrogens with zero attached hydrogens (tertiary/aromatic N) is 3. The normalized spacial score (nSPS) is 34.4. The molecule has 0 N–H and O–H groups in total. The maximum atomic E-state index is 11.8. The van der Waals surface area contributed by atoms with Crippen LogP contribution in [0.4, 0.5) is 0 Å². The van der Waals surface area contributed by atoms with Crippen molar-refractivity contribution < 1.29 is 9.59 Å². The predicted molar refractivity (Wildman–Crippen MR) is 54.4 cm³/mol. The van der Waals surface area contributed by atoms with Crippen LogP contribution in [0.1, 0.15) is 20.3 Å². The SMILES string of the molecule is CCC1(C)C(C#N)C(=O)N(C)C(=O)C1C#N. The summed E-state index contributed by atoms with van der Waals surface area (Å²) in [5.74, 6) is -2.87. The third-order valence-corrected chi connectivity index (χ3v) is 3.49. The molecule has 1 aliphatic rings. The van der Waals surface area contributed by atoms with E-state index in [-0.39, 0.29) is 0 Å². The molecule has 0 spiro atoms. The lowest BCUT2D eigenvalue weighted by molar-refractivity contribution is -0.158. The lowest BCUT2D eigenvalue weighted by Crippen LogP contribution is -2.56. The minimum Gasteiger partial charge on any atom is -0.283 e. The van der Waals surface area contributed by atoms with E-state index < -0.39 is 29.1 Å². The minimum atomic E-state index is -0.926. The monoisotopic (exact) mass is 219 g/mol. The molecule has 0 radical (unpaired) electrons. The molecule has 2 amide bonds. The molecule has 0 aromatic rings. The molecule has 1 aliphatic heterocycles. The van der Waals surface area contributed by atoms with E-state index in [1.54, 1.807) is 13.8 Å². The molecule has 5 heteroatoms. The summed E-state index contributed by atoms with van der Waals surface area (Å²) in [5, 5.41) is 18.1. The van der Waals surface area contributed by atoms with Gasteiger partial charge >= 0.3 is 0 Å². The third-order valence-electron chi connectivity index (χ3n) is 3.49. The van der Waals surface area contributed by atoms with Crippen LogP contribution in [0.5, 0.6) is 0 Å². The second kappa shape index (κ2) is 3.94. The van der Waals surface area contributed by atoms with Crippen LogP contribution in [0.2, 0.25) is 0 Å².